The summed E-state index contributed by atoms with van der Waals surface area (Å²) < 4.78 is 28.8. The number of aliphatic carboxylic acids is 1. The predicted molar refractivity (Wildman–Crippen MR) is 75.0 cm³/mol. The molecule has 0 radical (unpaired) electrons. The third kappa shape index (κ3) is 5.26. The van der Waals surface area contributed by atoms with E-state index in [0.717, 1.165) is 0 Å². The van der Waals surface area contributed by atoms with Gasteiger partial charge in [0.2, 0.25) is 0 Å². The van der Waals surface area contributed by atoms with Crippen molar-refractivity contribution in [3.63, 3.8) is 0 Å². The van der Waals surface area contributed by atoms with Crippen molar-refractivity contribution in [2.24, 2.45) is 0 Å². The van der Waals surface area contributed by atoms with E-state index in [0.29, 0.717) is 0 Å². The minimum atomic E-state index is -3.62. The number of benzene rings is 1. The summed E-state index contributed by atoms with van der Waals surface area (Å²) in [5.41, 5.74) is 0. The highest BCUT2D eigenvalue weighted by Gasteiger charge is 2.19. The fraction of sp³-hybridized carbons (Fsp3) is 0.364. The Balaban J connectivity index is 2.50. The monoisotopic (exact) mass is 341 g/mol. The molecule has 1 rings (SSSR count). The molecule has 6 nitrogen and oxygen atoms in total. The molecule has 0 amide bonds. The predicted octanol–water partition coefficient (Wildman–Crippen LogP) is 1.42. The first-order valence-corrected chi connectivity index (χ1v) is 7.92. The van der Waals surface area contributed by atoms with Crippen LogP contribution >= 0.6 is 23.2 Å². The van der Waals surface area contributed by atoms with Crippen LogP contribution in [-0.4, -0.2) is 45.1 Å². The number of halogens is 2. The molecule has 112 valence electrons. The van der Waals surface area contributed by atoms with Gasteiger partial charge in [0, 0.05) is 6.54 Å². The molecule has 0 fully saturated rings. The minimum Gasteiger partial charge on any atom is -0.480 e. The molecule has 0 aliphatic carbocycles. The van der Waals surface area contributed by atoms with Crippen molar-refractivity contribution in [3.8, 4) is 0 Å². The molecular formula is C11H13Cl2NO5S. The fourth-order valence-corrected chi connectivity index (χ4v) is 3.26. The highest BCUT2D eigenvalue weighted by atomic mass is 35.5. The number of carbonyl (C=O) groups is 1. The lowest BCUT2D eigenvalue weighted by Crippen LogP contribution is -2.27. The van der Waals surface area contributed by atoms with Gasteiger partial charge in [-0.15, -0.1) is 0 Å². The van der Waals surface area contributed by atoms with Gasteiger partial charge in [0.1, 0.15) is 12.5 Å². The molecule has 1 aromatic rings. The summed E-state index contributed by atoms with van der Waals surface area (Å²) >= 11 is 11.6. The maximum absolute atomic E-state index is 12.0. The number of sulfone groups is 1. The number of nitrogens with one attached hydrogen (secondary N) is 1. The first-order chi connectivity index (χ1) is 9.34. The van der Waals surface area contributed by atoms with Gasteiger partial charge in [0.05, 0.1) is 21.5 Å². The Morgan fingerprint density at radius 2 is 2.05 bits per heavy atom. The molecule has 0 aromatic heterocycles. The number of hydrogen-bond acceptors (Lipinski definition) is 5. The van der Waals surface area contributed by atoms with Crippen LogP contribution in [0.3, 0.4) is 0 Å². The molecule has 0 spiro atoms. The first-order valence-electron chi connectivity index (χ1n) is 5.51. The molecule has 0 aliphatic heterocycles. The normalized spacial score (nSPS) is 11.5. The van der Waals surface area contributed by atoms with E-state index in [-0.39, 0.29) is 34.0 Å². The van der Waals surface area contributed by atoms with Crippen LogP contribution in [0.15, 0.2) is 23.1 Å². The van der Waals surface area contributed by atoms with E-state index in [1.807, 2.05) is 0 Å². The van der Waals surface area contributed by atoms with E-state index in [9.17, 15) is 13.2 Å². The number of hydrogen-bond donors (Lipinski definition) is 2. The molecule has 0 saturated heterocycles. The molecule has 1 aromatic carbocycles. The smallest absolute Gasteiger partial charge is 0.329 e. The molecule has 0 saturated carbocycles. The van der Waals surface area contributed by atoms with Crippen molar-refractivity contribution in [1.82, 2.24) is 5.32 Å². The van der Waals surface area contributed by atoms with Crippen LogP contribution in [0.1, 0.15) is 0 Å². The van der Waals surface area contributed by atoms with Gasteiger partial charge in [-0.05, 0) is 12.1 Å². The van der Waals surface area contributed by atoms with Crippen molar-refractivity contribution < 1.29 is 23.1 Å². The Morgan fingerprint density at radius 1 is 1.35 bits per heavy atom. The second kappa shape index (κ2) is 7.80. The summed E-state index contributed by atoms with van der Waals surface area (Å²) in [6.45, 7) is -0.135. The third-order valence-electron chi connectivity index (χ3n) is 2.19. The Morgan fingerprint density at radius 3 is 2.70 bits per heavy atom. The topological polar surface area (TPSA) is 92.7 Å². The summed E-state index contributed by atoms with van der Waals surface area (Å²) in [4.78, 5) is 10.1. The average molecular weight is 342 g/mol. The van der Waals surface area contributed by atoms with Crippen LogP contribution in [0, 0.1) is 0 Å². The minimum absolute atomic E-state index is 0.0157. The summed E-state index contributed by atoms with van der Waals surface area (Å²) in [6, 6.07) is 4.36. The van der Waals surface area contributed by atoms with Crippen LogP contribution in [0.25, 0.3) is 0 Å². The lowest BCUT2D eigenvalue weighted by Gasteiger charge is -2.09. The fourth-order valence-electron chi connectivity index (χ4n) is 1.31. The Labute approximate surface area is 126 Å². The second-order valence-corrected chi connectivity index (χ2v) is 6.50. The number of ether oxygens (including phenoxy) is 1. The third-order valence-corrected chi connectivity index (χ3v) is 4.72. The number of carboxylic acids is 1. The van der Waals surface area contributed by atoms with Gasteiger partial charge < -0.3 is 15.2 Å². The van der Waals surface area contributed by atoms with Crippen LogP contribution in [0.2, 0.25) is 10.0 Å². The van der Waals surface area contributed by atoms with E-state index in [1.54, 1.807) is 0 Å². The summed E-state index contributed by atoms with van der Waals surface area (Å²) in [5, 5.41) is 11.1. The number of rotatable bonds is 8. The number of carboxylic acid groups (broad SMARTS) is 1. The molecule has 0 heterocycles. The zero-order valence-corrected chi connectivity index (χ0v) is 12.6. The lowest BCUT2D eigenvalue weighted by molar-refractivity contribution is -0.142. The van der Waals surface area contributed by atoms with E-state index in [2.05, 4.69) is 5.32 Å². The molecule has 2 N–H and O–H groups in total. The SMILES string of the molecule is O=C(O)COCCNCS(=O)(=O)c1cccc(Cl)c1Cl. The molecule has 0 bridgehead atoms. The van der Waals surface area contributed by atoms with Gasteiger partial charge in [-0.25, -0.2) is 13.2 Å². The van der Waals surface area contributed by atoms with Gasteiger partial charge in [-0.3, -0.25) is 0 Å². The summed E-state index contributed by atoms with van der Waals surface area (Å²) in [6.07, 6.45) is 0. The lowest BCUT2D eigenvalue weighted by atomic mass is 10.4. The van der Waals surface area contributed by atoms with E-state index in [1.165, 1.54) is 18.2 Å². The standard InChI is InChI=1S/C11H13Cl2NO5S/c12-8-2-1-3-9(11(8)13)20(17,18)7-14-4-5-19-6-10(15)16/h1-3,14H,4-7H2,(H,15,16). The van der Waals surface area contributed by atoms with Crippen LogP contribution < -0.4 is 5.32 Å². The van der Waals surface area contributed by atoms with Crippen LogP contribution in [0.4, 0.5) is 0 Å². The Bertz CT molecular complexity index is 576. The molecule has 20 heavy (non-hydrogen) atoms. The van der Waals surface area contributed by atoms with E-state index >= 15 is 0 Å². The Kier molecular flexibility index (Phi) is 6.70. The maximum Gasteiger partial charge on any atom is 0.329 e. The molecule has 0 unspecified atom stereocenters. The van der Waals surface area contributed by atoms with Crippen molar-refractivity contribution in [2.75, 3.05) is 25.6 Å². The van der Waals surface area contributed by atoms with Crippen molar-refractivity contribution in [1.29, 1.82) is 0 Å². The zero-order chi connectivity index (χ0) is 15.2. The van der Waals surface area contributed by atoms with E-state index < -0.39 is 22.4 Å². The zero-order valence-electron chi connectivity index (χ0n) is 10.3. The van der Waals surface area contributed by atoms with Gasteiger partial charge >= 0.3 is 5.97 Å². The average Bonchev–Trinajstić information content (AvgIpc) is 2.36. The first kappa shape index (κ1) is 17.2. The largest absolute Gasteiger partial charge is 0.480 e. The highest BCUT2D eigenvalue weighted by Crippen LogP contribution is 2.29. The van der Waals surface area contributed by atoms with Crippen LogP contribution in [0.5, 0.6) is 0 Å². The van der Waals surface area contributed by atoms with Gasteiger partial charge in [0.25, 0.3) is 0 Å². The second-order valence-electron chi connectivity index (χ2n) is 3.76. The maximum atomic E-state index is 12.0. The highest BCUT2D eigenvalue weighted by molar-refractivity contribution is 7.91. The molecular weight excluding hydrogens is 329 g/mol. The van der Waals surface area contributed by atoms with Crippen molar-refractivity contribution in [3.05, 3.63) is 28.2 Å². The quantitative estimate of drug-likeness (QED) is 0.694. The molecule has 0 atom stereocenters. The van der Waals surface area contributed by atoms with Crippen LogP contribution in [-0.2, 0) is 19.4 Å². The summed E-state index contributed by atoms with van der Waals surface area (Å²) in [7, 11) is -3.62. The van der Waals surface area contributed by atoms with Crippen molar-refractivity contribution >= 4 is 39.0 Å². The Hall–Kier alpha value is -0.860. The van der Waals surface area contributed by atoms with Gasteiger partial charge in [0.15, 0.2) is 9.84 Å². The van der Waals surface area contributed by atoms with Crippen molar-refractivity contribution in [2.45, 2.75) is 4.90 Å². The van der Waals surface area contributed by atoms with E-state index in [4.69, 9.17) is 33.0 Å². The van der Waals surface area contributed by atoms with Gasteiger partial charge in [-0.1, -0.05) is 29.3 Å². The molecule has 0 aliphatic rings. The van der Waals surface area contributed by atoms with Gasteiger partial charge in [-0.2, -0.15) is 0 Å². The molecule has 9 heteroatoms. The summed E-state index contributed by atoms with van der Waals surface area (Å²) in [5.74, 6) is -1.42.